The molecule has 106 valence electrons. The predicted octanol–water partition coefficient (Wildman–Crippen LogP) is -12.5. The van der Waals surface area contributed by atoms with Crippen LogP contribution in [0.15, 0.2) is 0 Å². The van der Waals surface area contributed by atoms with Crippen molar-refractivity contribution < 1.29 is 68.9 Å². The molecule has 0 saturated heterocycles. The van der Waals surface area contributed by atoms with Gasteiger partial charge in [-0.3, -0.25) is 11.1 Å². The van der Waals surface area contributed by atoms with E-state index in [2.05, 4.69) is 5.73 Å². The van der Waals surface area contributed by atoms with Gasteiger partial charge in [0.05, 0.1) is 12.3 Å². The lowest BCUT2D eigenvalue weighted by Crippen LogP contribution is -2.68. The largest absolute Gasteiger partial charge is 0.357 e. The van der Waals surface area contributed by atoms with E-state index in [0.29, 0.717) is 5.17 Å². The summed E-state index contributed by atoms with van der Waals surface area (Å²) >= 11 is 1.44. The Bertz CT molecular complexity index is 171. The molecule has 11 nitrogen and oxygen atoms in total. The first-order valence-electron chi connectivity index (χ1n) is 3.30. The quantitative estimate of drug-likeness (QED) is 0.319. The number of amidine groups is 1. The van der Waals surface area contributed by atoms with Crippen molar-refractivity contribution in [3.05, 3.63) is 0 Å². The molecule has 0 aliphatic heterocycles. The van der Waals surface area contributed by atoms with Crippen molar-refractivity contribution in [2.75, 3.05) is 12.3 Å². The van der Waals surface area contributed by atoms with Gasteiger partial charge in [-0.05, 0) is 11.8 Å². The monoisotopic (exact) mass is 319 g/mol. The summed E-state index contributed by atoms with van der Waals surface area (Å²) in [6.45, 7) is 0.878. The minimum Gasteiger partial charge on any atom is -0.357 e. The van der Waals surface area contributed by atoms with E-state index in [-0.39, 0.29) is 0 Å². The number of nitrogens with two attached hydrogens (primary N) is 2. The van der Waals surface area contributed by atoms with Crippen molar-refractivity contribution in [2.45, 2.75) is 0 Å². The smallest absolute Gasteiger partial charge is 0.299 e. The maximum Gasteiger partial charge on any atom is 0.299 e. The minimum atomic E-state index is -4.94. The molecule has 0 atom stereocenters. The Morgan fingerprint density at radius 3 is 1.29 bits per heavy atom. The van der Waals surface area contributed by atoms with Crippen LogP contribution in [0, 0.1) is 20.5 Å². The Kier molecular flexibility index (Phi) is 14.6. The van der Waals surface area contributed by atoms with Gasteiger partial charge >= 0.3 is 0 Å². The van der Waals surface area contributed by atoms with E-state index < -0.39 is 20.5 Å². The number of halogens is 2. The van der Waals surface area contributed by atoms with E-state index in [1.165, 1.54) is 11.8 Å². The SMILES string of the molecule is NC(=[NH2+])SCC[NH3+].[O-][Cl+3]([O-])([O-])[O-].[O-][Cl+3]([O-])([O-])[O-]. The number of hydrogen-bond acceptors (Lipinski definition) is 9. The van der Waals surface area contributed by atoms with Gasteiger partial charge in [-0.2, -0.15) is 0 Å². The lowest BCUT2D eigenvalue weighted by atomic mass is 10.8. The van der Waals surface area contributed by atoms with E-state index >= 15 is 0 Å². The second-order valence-corrected chi connectivity index (χ2v) is 4.54. The summed E-state index contributed by atoms with van der Waals surface area (Å²) in [4.78, 5) is 0. The summed E-state index contributed by atoms with van der Waals surface area (Å²) in [5.41, 5.74) is 8.72. The molecule has 0 aromatic heterocycles. The minimum absolute atomic E-state index is 0.434. The normalized spacial score (nSPS) is 10.6. The zero-order chi connectivity index (χ0) is 14.7. The molecule has 0 aliphatic rings. The van der Waals surface area contributed by atoms with Crippen LogP contribution >= 0.6 is 11.8 Å². The molecule has 0 saturated carbocycles. The van der Waals surface area contributed by atoms with Gasteiger partial charge in [-0.1, -0.05) is 0 Å². The number of rotatable bonds is 2. The van der Waals surface area contributed by atoms with Crippen LogP contribution in [-0.4, -0.2) is 17.5 Å². The van der Waals surface area contributed by atoms with Gasteiger partial charge in [0, 0.05) is 0 Å². The van der Waals surface area contributed by atoms with Crippen LogP contribution in [0.3, 0.4) is 0 Å². The summed E-state index contributed by atoms with van der Waals surface area (Å²) < 4.78 is 67.9. The molecule has 0 bridgehead atoms. The first kappa shape index (κ1) is 22.2. The van der Waals surface area contributed by atoms with Crippen LogP contribution in [0.1, 0.15) is 0 Å². The third kappa shape index (κ3) is 194. The summed E-state index contributed by atoms with van der Waals surface area (Å²) in [5.74, 6) is 0.919. The van der Waals surface area contributed by atoms with Gasteiger partial charge in [0.25, 0.3) is 5.17 Å². The van der Waals surface area contributed by atoms with Crippen LogP contribution in [0.5, 0.6) is 0 Å². The molecule has 0 aliphatic carbocycles. The maximum absolute atomic E-state index is 8.49. The van der Waals surface area contributed by atoms with Crippen molar-refractivity contribution in [2.24, 2.45) is 5.73 Å². The third-order valence-corrected chi connectivity index (χ3v) is 1.24. The zero-order valence-electron chi connectivity index (χ0n) is 8.21. The fourth-order valence-electron chi connectivity index (χ4n) is 0.190. The summed E-state index contributed by atoms with van der Waals surface area (Å²) in [6.07, 6.45) is 0. The van der Waals surface area contributed by atoms with Gasteiger partial charge in [-0.15, -0.1) is 20.5 Å². The Labute approximate surface area is 104 Å². The highest BCUT2D eigenvalue weighted by atomic mass is 35.7. The molecule has 0 fully saturated rings. The topological polar surface area (TPSA) is 264 Å². The number of thioether (sulfide) groups is 1. The molecule has 0 rings (SSSR count). The summed E-state index contributed by atoms with van der Waals surface area (Å²) in [7, 11) is -9.89. The van der Waals surface area contributed by atoms with Gasteiger partial charge in [-0.25, -0.2) is 37.3 Å². The summed E-state index contributed by atoms with van der Waals surface area (Å²) in [5, 5.41) is 5.54. The van der Waals surface area contributed by atoms with Crippen molar-refractivity contribution in [3.8, 4) is 0 Å². The average molecular weight is 320 g/mol. The zero-order valence-corrected chi connectivity index (χ0v) is 10.5. The number of quaternary nitrogens is 1. The van der Waals surface area contributed by atoms with E-state index in [0.717, 1.165) is 12.3 Å². The maximum atomic E-state index is 8.49. The molecule has 0 radical (unpaired) electrons. The Morgan fingerprint density at radius 2 is 1.24 bits per heavy atom. The van der Waals surface area contributed by atoms with Gasteiger partial charge in [0.2, 0.25) is 0 Å². The lowest BCUT2D eigenvalue weighted by Gasteiger charge is -2.17. The van der Waals surface area contributed by atoms with Crippen molar-refractivity contribution in [3.63, 3.8) is 0 Å². The molecule has 0 aromatic rings. The number of hydrogen-bond donors (Lipinski definition) is 3. The highest BCUT2D eigenvalue weighted by Crippen LogP contribution is 1.89. The van der Waals surface area contributed by atoms with Crippen LogP contribution in [-0.2, 0) is 0 Å². The van der Waals surface area contributed by atoms with E-state index in [9.17, 15) is 0 Å². The summed E-state index contributed by atoms with van der Waals surface area (Å²) in [6, 6.07) is 0. The molecule has 0 aromatic carbocycles. The molecule has 0 heterocycles. The first-order valence-corrected chi connectivity index (χ1v) is 6.76. The fraction of sp³-hybridized carbons (Fsp3) is 0.667. The first-order chi connectivity index (χ1) is 7.27. The van der Waals surface area contributed by atoms with E-state index in [4.69, 9.17) is 48.4 Å². The molecular weight excluding hydrogens is 309 g/mol. The van der Waals surface area contributed by atoms with Crippen LogP contribution in [0.4, 0.5) is 0 Å². The molecule has 17 heavy (non-hydrogen) atoms. The molecule has 0 unspecified atom stereocenters. The van der Waals surface area contributed by atoms with Crippen LogP contribution < -0.4 is 54.1 Å². The fourth-order valence-corrected chi connectivity index (χ4v) is 0.570. The molecule has 0 spiro atoms. The van der Waals surface area contributed by atoms with Gasteiger partial charge < -0.3 is 5.73 Å². The van der Waals surface area contributed by atoms with Gasteiger partial charge in [0.15, 0.2) is 0 Å². The van der Waals surface area contributed by atoms with Crippen molar-refractivity contribution in [1.29, 1.82) is 0 Å². The third-order valence-electron chi connectivity index (χ3n) is 0.413. The Morgan fingerprint density at radius 1 is 1.00 bits per heavy atom. The van der Waals surface area contributed by atoms with E-state index in [1.807, 2.05) is 0 Å². The highest BCUT2D eigenvalue weighted by molar-refractivity contribution is 8.13. The van der Waals surface area contributed by atoms with Gasteiger partial charge in [0.1, 0.15) is 0 Å². The average Bonchev–Trinajstić information content (AvgIpc) is 1.93. The van der Waals surface area contributed by atoms with Crippen LogP contribution in [0.25, 0.3) is 0 Å². The second-order valence-electron chi connectivity index (χ2n) is 1.86. The van der Waals surface area contributed by atoms with E-state index in [1.54, 1.807) is 0 Å². The second kappa shape index (κ2) is 11.1. The highest BCUT2D eigenvalue weighted by Gasteiger charge is 1.92. The molecule has 7 N–H and O–H groups in total. The van der Waals surface area contributed by atoms with Crippen LogP contribution in [0.2, 0.25) is 0 Å². The Balaban J connectivity index is -0.000000177. The molecular formula is C3H11Cl2N3O8S. The van der Waals surface area contributed by atoms with Crippen molar-refractivity contribution >= 4 is 16.9 Å². The standard InChI is InChI=1S/C3H9N3S.2ClHO4/c4-1-2-7-3(5)6;2*2-1(3,4)5/h1-2,4H2,(H3,5,6);2*(H,2,3,4,5). The van der Waals surface area contributed by atoms with Crippen molar-refractivity contribution in [1.82, 2.24) is 0 Å². The molecule has 14 heteroatoms. The predicted molar refractivity (Wildman–Crippen MR) is 31.3 cm³/mol. The lowest BCUT2D eigenvalue weighted by molar-refractivity contribution is -2.00. The Hall–Kier alpha value is 0.0400. The molecule has 0 amide bonds.